The van der Waals surface area contributed by atoms with Crippen molar-refractivity contribution in [3.05, 3.63) is 0 Å². The van der Waals surface area contributed by atoms with E-state index in [1.165, 1.54) is 7.11 Å². The zero-order valence-electron chi connectivity index (χ0n) is 56.3. The molecule has 22 unspecified atom stereocenters. The van der Waals surface area contributed by atoms with Gasteiger partial charge in [0.2, 0.25) is 0 Å². The van der Waals surface area contributed by atoms with Gasteiger partial charge < -0.3 is 66.3 Å². The Kier molecular flexibility index (Phi) is 20.4. The summed E-state index contributed by atoms with van der Waals surface area (Å²) in [5.41, 5.74) is -2.96. The molecular formula is C67H92O27. The molecule has 0 N–H and O–H groups in total. The molecule has 22 atom stereocenters. The maximum absolute atomic E-state index is 12.1. The Balaban J connectivity index is 0.000000148. The van der Waals surface area contributed by atoms with Crippen molar-refractivity contribution in [1.82, 2.24) is 0 Å². The van der Waals surface area contributed by atoms with Gasteiger partial charge in [0.25, 0.3) is 0 Å². The van der Waals surface area contributed by atoms with Gasteiger partial charge in [0.15, 0.2) is 38.6 Å². The van der Waals surface area contributed by atoms with Gasteiger partial charge >= 0.3 is 77.6 Å². The van der Waals surface area contributed by atoms with Gasteiger partial charge in [-0.1, -0.05) is 34.6 Å². The Labute approximate surface area is 545 Å². The van der Waals surface area contributed by atoms with Crippen molar-refractivity contribution < 1.29 is 129 Å². The van der Waals surface area contributed by atoms with Crippen LogP contribution in [0.2, 0.25) is 0 Å². The monoisotopic (exact) mass is 1330 g/mol. The fraction of sp³-hybridized carbons (Fsp3) is 0.806. The highest BCUT2D eigenvalue weighted by atomic mass is 16.7. The molecule has 0 amide bonds. The van der Waals surface area contributed by atoms with E-state index in [0.717, 1.165) is 12.8 Å². The van der Waals surface area contributed by atoms with Crippen LogP contribution in [0.3, 0.4) is 0 Å². The molecule has 8 bridgehead atoms. The molecule has 27 heteroatoms. The van der Waals surface area contributed by atoms with Crippen molar-refractivity contribution in [2.45, 2.75) is 216 Å². The Morgan fingerprint density at radius 2 is 0.872 bits per heavy atom. The molecule has 6 aliphatic carbocycles. The van der Waals surface area contributed by atoms with Gasteiger partial charge in [-0.25, -0.2) is 19.2 Å². The number of hydrogen-bond acceptors (Lipinski definition) is 27. The first-order valence-corrected chi connectivity index (χ1v) is 33.0. The van der Waals surface area contributed by atoms with Crippen LogP contribution in [-0.2, 0) is 129 Å². The lowest BCUT2D eigenvalue weighted by Gasteiger charge is -2.30. The van der Waals surface area contributed by atoms with Crippen molar-refractivity contribution in [2.24, 2.45) is 92.2 Å². The van der Waals surface area contributed by atoms with Gasteiger partial charge in [-0.3, -0.25) is 43.2 Å². The van der Waals surface area contributed by atoms with Crippen LogP contribution in [0.15, 0.2) is 0 Å². The smallest absolute Gasteiger partial charge is 0.344 e. The summed E-state index contributed by atoms with van der Waals surface area (Å²) in [5.74, 6) is -6.92. The first-order chi connectivity index (χ1) is 44.0. The molecule has 6 saturated carbocycles. The van der Waals surface area contributed by atoms with E-state index in [4.69, 9.17) is 66.3 Å². The summed E-state index contributed by atoms with van der Waals surface area (Å²) in [7, 11) is 1.27. The minimum Gasteiger partial charge on any atom is -0.469 e. The molecule has 94 heavy (non-hydrogen) atoms. The lowest BCUT2D eigenvalue weighted by Crippen LogP contribution is -2.44. The summed E-state index contributed by atoms with van der Waals surface area (Å²) in [5, 5.41) is 0. The van der Waals surface area contributed by atoms with E-state index in [-0.39, 0.29) is 95.6 Å². The average molecular weight is 1330 g/mol. The third-order valence-electron chi connectivity index (χ3n) is 22.8. The third kappa shape index (κ3) is 13.4. The van der Waals surface area contributed by atoms with Gasteiger partial charge in [0, 0.05) is 35.5 Å². The van der Waals surface area contributed by atoms with Gasteiger partial charge in [-0.05, 0) is 126 Å². The normalized spacial score (nSPS) is 36.2. The predicted molar refractivity (Wildman–Crippen MR) is 315 cm³/mol. The minimum absolute atomic E-state index is 0.0388. The molecule has 12 rings (SSSR count). The van der Waals surface area contributed by atoms with E-state index >= 15 is 0 Å². The number of carbonyl (C=O) groups is 13. The maximum atomic E-state index is 12.1. The summed E-state index contributed by atoms with van der Waals surface area (Å²) in [6, 6.07) is 0. The van der Waals surface area contributed by atoms with Crippen molar-refractivity contribution in [1.29, 1.82) is 0 Å². The van der Waals surface area contributed by atoms with E-state index in [9.17, 15) is 62.3 Å². The average Bonchev–Trinajstić information content (AvgIpc) is 1.58. The maximum Gasteiger partial charge on any atom is 0.344 e. The van der Waals surface area contributed by atoms with E-state index in [2.05, 4.69) is 0 Å². The molecule has 0 radical (unpaired) electrons. The molecule has 12 aliphatic rings. The van der Waals surface area contributed by atoms with E-state index in [1.807, 2.05) is 41.5 Å². The number of hydrogen-bond donors (Lipinski definition) is 0. The Morgan fingerprint density at radius 1 is 0.468 bits per heavy atom. The van der Waals surface area contributed by atoms with Crippen LogP contribution in [0.25, 0.3) is 0 Å². The number of methoxy groups -OCH3 is 1. The molecule has 27 nitrogen and oxygen atoms in total. The standard InChI is InChI=1S/C18H24O8.2C17H24O6.C15H20O7/c1-5-18(2,3)17(22)24-7-10(19)25-13-8-6-9-12(11(8)15(20)23-4)16(21)26-14(9)13;1-5-16(2,3)14(19)21-8-11(18)22-12-9-6-10-13(12)23-15(20)17(10,4)7-9;1-5-17(3,4)16(20)21-7-11(18)22-13-9-6-10-12(8(9)2)15(19)23-14(10)13;1-4-15(2,3)14(18)19-6-9(16)21-11-8-5-7-10(20-8)12(11)22-13(7)17/h8-9,11-14H,5-7H2,1-4H3;9-10,12-13H,5-8H2,1-4H3;8-10,12-14H,5-7H2,1-4H3;7-8,10-12H,4-6H2,1-3H3. The molecule has 0 spiro atoms. The number of carbonyl (C=O) groups excluding carboxylic acids is 13. The highest BCUT2D eigenvalue weighted by Crippen LogP contribution is 2.63. The molecular weight excluding hydrogens is 1240 g/mol. The van der Waals surface area contributed by atoms with Crippen LogP contribution >= 0.6 is 0 Å². The summed E-state index contributed by atoms with van der Waals surface area (Å²) in [6.45, 7) is 23.8. The van der Waals surface area contributed by atoms with E-state index < -0.39 is 162 Å². The molecule has 12 fully saturated rings. The van der Waals surface area contributed by atoms with Crippen LogP contribution < -0.4 is 0 Å². The fourth-order valence-corrected chi connectivity index (χ4v) is 15.5. The number of ether oxygens (including phenoxy) is 14. The SMILES string of the molecule is CCC(C)(C)C(=O)OCC(=O)OC1C2CC3C(=O)OC1C3O2.CCC(C)(C)C(=O)OCC(=O)OC1C2CC3C1OC(=O)C3(C)C2.CCC(C)(C)C(=O)OCC(=O)OC1C2CC3C1OC(=O)C3C2C.CCC(C)(C)C(=O)OCC(=O)OC1C2CC3C1OC(=O)C3C2C(=O)OC. The first-order valence-electron chi connectivity index (χ1n) is 33.0. The molecule has 6 saturated heterocycles. The van der Waals surface area contributed by atoms with Crippen LogP contribution in [0, 0.1) is 92.2 Å². The molecule has 0 aromatic carbocycles. The van der Waals surface area contributed by atoms with Crippen molar-refractivity contribution in [3.63, 3.8) is 0 Å². The largest absolute Gasteiger partial charge is 0.469 e. The third-order valence-corrected chi connectivity index (χ3v) is 22.8. The molecule has 0 aromatic rings. The van der Waals surface area contributed by atoms with Gasteiger partial charge in [-0.15, -0.1) is 0 Å². The van der Waals surface area contributed by atoms with Gasteiger partial charge in [-0.2, -0.15) is 0 Å². The summed E-state index contributed by atoms with van der Waals surface area (Å²) in [4.78, 5) is 155. The van der Waals surface area contributed by atoms with E-state index in [0.29, 0.717) is 44.9 Å². The van der Waals surface area contributed by atoms with Crippen molar-refractivity contribution in [3.8, 4) is 0 Å². The zero-order valence-corrected chi connectivity index (χ0v) is 56.3. The van der Waals surface area contributed by atoms with Crippen LogP contribution in [0.1, 0.15) is 155 Å². The second-order valence-electron chi connectivity index (χ2n) is 29.9. The summed E-state index contributed by atoms with van der Waals surface area (Å²) in [6.07, 6.45) is 1.51. The molecule has 0 aromatic heterocycles. The fourth-order valence-electron chi connectivity index (χ4n) is 15.5. The predicted octanol–water partition coefficient (Wildman–Crippen LogP) is 5.00. The van der Waals surface area contributed by atoms with Gasteiger partial charge in [0.1, 0.15) is 42.7 Å². The molecule has 522 valence electrons. The Hall–Kier alpha value is -6.93. The zero-order chi connectivity index (χ0) is 69.2. The van der Waals surface area contributed by atoms with Crippen LogP contribution in [0.5, 0.6) is 0 Å². The Morgan fingerprint density at radius 3 is 1.33 bits per heavy atom. The van der Waals surface area contributed by atoms with Crippen molar-refractivity contribution in [2.75, 3.05) is 33.5 Å². The molecule has 6 aliphatic heterocycles. The summed E-state index contributed by atoms with van der Waals surface area (Å²) >= 11 is 0. The van der Waals surface area contributed by atoms with Gasteiger partial charge in [0.05, 0.1) is 64.0 Å². The Bertz CT molecular complexity index is 3030. The first kappa shape index (κ1) is 71.4. The highest BCUT2D eigenvalue weighted by molar-refractivity contribution is 5.87. The number of rotatable bonds is 21. The minimum atomic E-state index is -0.717. The molecule has 6 heterocycles. The lowest BCUT2D eigenvalue weighted by atomic mass is 9.75. The summed E-state index contributed by atoms with van der Waals surface area (Å²) < 4.78 is 73.6. The van der Waals surface area contributed by atoms with Crippen molar-refractivity contribution >= 4 is 77.6 Å². The van der Waals surface area contributed by atoms with Crippen LogP contribution in [-0.4, -0.2) is 172 Å². The second kappa shape index (κ2) is 26.9. The van der Waals surface area contributed by atoms with Crippen LogP contribution in [0.4, 0.5) is 0 Å². The topological polar surface area (TPSA) is 351 Å². The number of fused-ring (bicyclic) bond motifs is 4. The second-order valence-corrected chi connectivity index (χ2v) is 29.9. The lowest BCUT2D eigenvalue weighted by molar-refractivity contribution is -0.174. The van der Waals surface area contributed by atoms with E-state index in [1.54, 1.807) is 55.4 Å². The number of esters is 13. The highest BCUT2D eigenvalue weighted by Gasteiger charge is 2.72. The quantitative estimate of drug-likeness (QED) is 0.108.